The Kier molecular flexibility index (Phi) is 9.51. The molecule has 2 aromatic rings. The molecule has 0 radical (unpaired) electrons. The summed E-state index contributed by atoms with van der Waals surface area (Å²) in [6, 6.07) is 8.89. The van der Waals surface area contributed by atoms with E-state index in [4.69, 9.17) is 23.2 Å². The second-order valence-electron chi connectivity index (χ2n) is 7.33. The maximum atomic E-state index is 13.4. The highest BCUT2D eigenvalue weighted by Gasteiger charge is 2.31. The Morgan fingerprint density at radius 3 is 2.21 bits per heavy atom. The third-order valence-corrected chi connectivity index (χ3v) is 6.75. The van der Waals surface area contributed by atoms with Crippen molar-refractivity contribution in [2.75, 3.05) is 23.7 Å². The molecule has 0 saturated carbocycles. The lowest BCUT2D eigenvalue weighted by atomic mass is 10.1. The Hall–Kier alpha value is -2.36. The molecule has 33 heavy (non-hydrogen) atoms. The average Bonchev–Trinajstić information content (AvgIpc) is 2.74. The Labute approximate surface area is 203 Å². The number of likely N-dealkylation sites (N-methyl/N-ethyl adjacent to an activating group) is 1. The number of carbonyl (C=O) groups excluding carboxylic acids is 2. The lowest BCUT2D eigenvalue weighted by Gasteiger charge is -2.32. The van der Waals surface area contributed by atoms with E-state index in [1.807, 2.05) is 0 Å². The molecule has 2 rings (SSSR count). The van der Waals surface area contributed by atoms with E-state index in [1.165, 1.54) is 47.4 Å². The Bertz CT molecular complexity index is 1100. The fourth-order valence-electron chi connectivity index (χ4n) is 3.25. The van der Waals surface area contributed by atoms with Crippen LogP contribution in [-0.2, 0) is 26.2 Å². The van der Waals surface area contributed by atoms with Gasteiger partial charge in [-0.15, -0.1) is 0 Å². The van der Waals surface area contributed by atoms with Gasteiger partial charge in [-0.1, -0.05) is 42.3 Å². The van der Waals surface area contributed by atoms with Crippen LogP contribution >= 0.6 is 23.2 Å². The van der Waals surface area contributed by atoms with E-state index in [0.717, 1.165) is 10.6 Å². The minimum Gasteiger partial charge on any atom is -0.355 e. The van der Waals surface area contributed by atoms with Crippen LogP contribution in [0.2, 0.25) is 10.0 Å². The summed E-state index contributed by atoms with van der Waals surface area (Å²) >= 11 is 12.0. The highest BCUT2D eigenvalue weighted by molar-refractivity contribution is 7.92. The molecule has 0 aliphatic heterocycles. The second kappa shape index (κ2) is 11.7. The number of halogens is 3. The Morgan fingerprint density at radius 2 is 1.70 bits per heavy atom. The molecule has 0 saturated heterocycles. The minimum atomic E-state index is -3.88. The van der Waals surface area contributed by atoms with E-state index in [9.17, 15) is 22.4 Å². The molecule has 0 aliphatic carbocycles. The molecule has 0 aliphatic rings. The van der Waals surface area contributed by atoms with Crippen LogP contribution in [0.1, 0.15) is 25.8 Å². The number of nitrogens with one attached hydrogen (secondary N) is 1. The number of benzene rings is 2. The van der Waals surface area contributed by atoms with E-state index in [1.54, 1.807) is 13.8 Å². The van der Waals surface area contributed by atoms with Crippen molar-refractivity contribution >= 4 is 50.7 Å². The molecular weight excluding hydrogens is 492 g/mol. The summed E-state index contributed by atoms with van der Waals surface area (Å²) in [5.41, 5.74) is 0.751. The summed E-state index contributed by atoms with van der Waals surface area (Å²) in [7, 11) is -3.88. The van der Waals surface area contributed by atoms with E-state index >= 15 is 0 Å². The van der Waals surface area contributed by atoms with Gasteiger partial charge in [-0.25, -0.2) is 12.8 Å². The second-order valence-corrected chi connectivity index (χ2v) is 10.1. The van der Waals surface area contributed by atoms with Crippen molar-refractivity contribution in [2.45, 2.75) is 32.9 Å². The monoisotopic (exact) mass is 517 g/mol. The Morgan fingerprint density at radius 1 is 1.06 bits per heavy atom. The zero-order valence-corrected chi connectivity index (χ0v) is 20.8. The number of rotatable bonds is 10. The van der Waals surface area contributed by atoms with Crippen molar-refractivity contribution in [3.63, 3.8) is 0 Å². The Balaban J connectivity index is 2.44. The van der Waals surface area contributed by atoms with Crippen LogP contribution in [0.4, 0.5) is 10.1 Å². The molecule has 1 N–H and O–H groups in total. The van der Waals surface area contributed by atoms with Gasteiger partial charge in [0.15, 0.2) is 0 Å². The van der Waals surface area contributed by atoms with Crippen LogP contribution in [0.15, 0.2) is 42.5 Å². The number of anilines is 1. The third-order valence-electron chi connectivity index (χ3n) is 4.87. The molecule has 2 amide bonds. The van der Waals surface area contributed by atoms with Crippen LogP contribution in [0.5, 0.6) is 0 Å². The van der Waals surface area contributed by atoms with Crippen LogP contribution < -0.4 is 9.62 Å². The number of hydrogen-bond donors (Lipinski definition) is 1. The summed E-state index contributed by atoms with van der Waals surface area (Å²) < 4.78 is 39.3. The molecule has 0 aromatic heterocycles. The van der Waals surface area contributed by atoms with Crippen molar-refractivity contribution in [3.8, 4) is 0 Å². The molecule has 2 aromatic carbocycles. The lowest BCUT2D eigenvalue weighted by molar-refractivity contribution is -0.140. The molecule has 0 bridgehead atoms. The number of nitrogens with zero attached hydrogens (tertiary/aromatic N) is 2. The summed E-state index contributed by atoms with van der Waals surface area (Å²) in [4.78, 5) is 27.4. The van der Waals surface area contributed by atoms with Crippen molar-refractivity contribution in [2.24, 2.45) is 0 Å². The maximum absolute atomic E-state index is 13.4. The number of amides is 2. The molecule has 180 valence electrons. The minimum absolute atomic E-state index is 0.00622. The normalized spacial score (nSPS) is 12.2. The van der Waals surface area contributed by atoms with Crippen LogP contribution in [0.3, 0.4) is 0 Å². The molecule has 0 fully saturated rings. The molecule has 7 nitrogen and oxygen atoms in total. The first-order valence-corrected chi connectivity index (χ1v) is 12.8. The van der Waals surface area contributed by atoms with Gasteiger partial charge in [0.2, 0.25) is 21.8 Å². The van der Waals surface area contributed by atoms with Crippen LogP contribution in [0, 0.1) is 5.82 Å². The molecule has 11 heteroatoms. The predicted molar refractivity (Wildman–Crippen MR) is 128 cm³/mol. The quantitative estimate of drug-likeness (QED) is 0.518. The zero-order chi connectivity index (χ0) is 24.8. The highest BCUT2D eigenvalue weighted by Crippen LogP contribution is 2.28. The van der Waals surface area contributed by atoms with Crippen LogP contribution in [-0.4, -0.2) is 50.5 Å². The SMILES string of the molecule is CCNC(=O)C(CC)N(Cc1ccc(F)cc1)C(=O)CN(c1ccc(Cl)c(Cl)c1)S(C)(=O)=O. The largest absolute Gasteiger partial charge is 0.355 e. The fraction of sp³-hybridized carbons (Fsp3) is 0.364. The zero-order valence-electron chi connectivity index (χ0n) is 18.5. The van der Waals surface area contributed by atoms with E-state index in [0.29, 0.717) is 18.5 Å². The van der Waals surface area contributed by atoms with Crippen molar-refractivity contribution in [3.05, 3.63) is 63.9 Å². The molecule has 1 unspecified atom stereocenters. The third kappa shape index (κ3) is 7.31. The van der Waals surface area contributed by atoms with Crippen molar-refractivity contribution < 1.29 is 22.4 Å². The van der Waals surface area contributed by atoms with Gasteiger partial charge in [0, 0.05) is 13.1 Å². The van der Waals surface area contributed by atoms with Gasteiger partial charge >= 0.3 is 0 Å². The average molecular weight is 518 g/mol. The first-order valence-electron chi connectivity index (χ1n) is 10.2. The molecule has 0 heterocycles. The standard InChI is InChI=1S/C22H26Cl2FN3O4S/c1-4-20(22(30)26-5-2)27(13-15-6-8-16(25)9-7-15)21(29)14-28(33(3,31)32)17-10-11-18(23)19(24)12-17/h6-12,20H,4-5,13-14H2,1-3H3,(H,26,30). The van der Waals surface area contributed by atoms with Gasteiger partial charge < -0.3 is 10.2 Å². The molecule has 1 atom stereocenters. The predicted octanol–water partition coefficient (Wildman–Crippen LogP) is 3.84. The molecular formula is C22H26Cl2FN3O4S. The summed E-state index contributed by atoms with van der Waals surface area (Å²) in [5.74, 6) is -1.40. The van der Waals surface area contributed by atoms with Gasteiger partial charge in [0.1, 0.15) is 18.4 Å². The van der Waals surface area contributed by atoms with Gasteiger partial charge in [-0.3, -0.25) is 13.9 Å². The highest BCUT2D eigenvalue weighted by atomic mass is 35.5. The van der Waals surface area contributed by atoms with E-state index in [2.05, 4.69) is 5.32 Å². The van der Waals surface area contributed by atoms with Gasteiger partial charge in [-0.2, -0.15) is 0 Å². The number of carbonyl (C=O) groups is 2. The van der Waals surface area contributed by atoms with Crippen molar-refractivity contribution in [1.82, 2.24) is 10.2 Å². The maximum Gasteiger partial charge on any atom is 0.244 e. The van der Waals surface area contributed by atoms with Gasteiger partial charge in [0.25, 0.3) is 0 Å². The molecule has 0 spiro atoms. The fourth-order valence-corrected chi connectivity index (χ4v) is 4.39. The first-order chi connectivity index (χ1) is 15.5. The number of hydrogen-bond acceptors (Lipinski definition) is 4. The summed E-state index contributed by atoms with van der Waals surface area (Å²) in [6.45, 7) is 3.30. The van der Waals surface area contributed by atoms with Gasteiger partial charge in [-0.05, 0) is 49.2 Å². The smallest absolute Gasteiger partial charge is 0.244 e. The van der Waals surface area contributed by atoms with Crippen LogP contribution in [0.25, 0.3) is 0 Å². The van der Waals surface area contributed by atoms with Crippen molar-refractivity contribution in [1.29, 1.82) is 0 Å². The summed E-state index contributed by atoms with van der Waals surface area (Å²) in [6.07, 6.45) is 1.26. The van der Waals surface area contributed by atoms with Gasteiger partial charge in [0.05, 0.1) is 22.0 Å². The summed E-state index contributed by atoms with van der Waals surface area (Å²) in [5, 5.41) is 3.07. The topological polar surface area (TPSA) is 86.8 Å². The number of sulfonamides is 1. The lowest BCUT2D eigenvalue weighted by Crippen LogP contribution is -2.52. The van der Waals surface area contributed by atoms with E-state index in [-0.39, 0.29) is 28.2 Å². The van der Waals surface area contributed by atoms with E-state index < -0.39 is 34.3 Å². The first kappa shape index (κ1) is 26.9.